The highest BCUT2D eigenvalue weighted by Crippen LogP contribution is 2.21. The summed E-state index contributed by atoms with van der Waals surface area (Å²) in [4.78, 5) is 38.2. The molecule has 0 unspecified atom stereocenters. The normalized spacial score (nSPS) is 14.7. The number of carbonyl (C=O) groups excluding carboxylic acids is 3. The second-order valence-electron chi connectivity index (χ2n) is 8.01. The van der Waals surface area contributed by atoms with Crippen LogP contribution in [0.15, 0.2) is 18.2 Å². The molecule has 7 nitrogen and oxygen atoms in total. The van der Waals surface area contributed by atoms with Crippen LogP contribution in [0.5, 0.6) is 0 Å². The molecule has 1 saturated heterocycles. The molecule has 0 aliphatic carbocycles. The summed E-state index contributed by atoms with van der Waals surface area (Å²) in [6.45, 7) is 10.1. The van der Waals surface area contributed by atoms with Gasteiger partial charge in [-0.15, -0.1) is 0 Å². The molecule has 1 heterocycles. The Bertz CT molecular complexity index is 710. The Morgan fingerprint density at radius 2 is 1.82 bits per heavy atom. The van der Waals surface area contributed by atoms with Crippen molar-refractivity contribution in [3.8, 4) is 0 Å². The molecule has 0 radical (unpaired) electrons. The molecule has 1 fully saturated rings. The van der Waals surface area contributed by atoms with E-state index >= 15 is 0 Å². The van der Waals surface area contributed by atoms with Crippen LogP contribution in [0, 0.1) is 18.8 Å². The van der Waals surface area contributed by atoms with E-state index in [4.69, 9.17) is 0 Å². The van der Waals surface area contributed by atoms with Gasteiger partial charge in [-0.3, -0.25) is 9.59 Å². The van der Waals surface area contributed by atoms with Crippen LogP contribution in [0.4, 0.5) is 10.5 Å². The monoisotopic (exact) mass is 388 g/mol. The lowest BCUT2D eigenvalue weighted by molar-refractivity contribution is -0.120. The lowest BCUT2D eigenvalue weighted by Crippen LogP contribution is -2.40. The molecular weight excluding hydrogens is 356 g/mol. The number of rotatable bonds is 6. The summed E-state index contributed by atoms with van der Waals surface area (Å²) >= 11 is 0. The summed E-state index contributed by atoms with van der Waals surface area (Å²) in [6.07, 6.45) is 2.07. The van der Waals surface area contributed by atoms with Gasteiger partial charge in [-0.05, 0) is 55.4 Å². The maximum atomic E-state index is 12.7. The largest absolute Gasteiger partial charge is 0.354 e. The Hall–Kier alpha value is -2.57. The quantitative estimate of drug-likeness (QED) is 0.700. The molecule has 7 heteroatoms. The van der Waals surface area contributed by atoms with Gasteiger partial charge >= 0.3 is 6.03 Å². The molecule has 1 aliphatic heterocycles. The number of carbonyl (C=O) groups is 3. The lowest BCUT2D eigenvalue weighted by atomic mass is 9.98. The van der Waals surface area contributed by atoms with Gasteiger partial charge in [-0.1, -0.05) is 20.8 Å². The van der Waals surface area contributed by atoms with Crippen LogP contribution >= 0.6 is 0 Å². The van der Waals surface area contributed by atoms with Gasteiger partial charge in [0.15, 0.2) is 0 Å². The standard InChI is InChI=1S/C21H32N4O3/c1-14(2)12-22-19(26)13-23-21(28)24-18-6-5-17(11-16(18)4)20(27)25-9-7-15(3)8-10-25/h5-6,11,14-15H,7-10,12-13H2,1-4H3,(H,22,26)(H2,23,24,28). The van der Waals surface area contributed by atoms with Crippen molar-refractivity contribution in [2.75, 3.05) is 31.5 Å². The molecule has 0 aromatic heterocycles. The van der Waals surface area contributed by atoms with Crippen LogP contribution in [0.1, 0.15) is 49.5 Å². The highest BCUT2D eigenvalue weighted by Gasteiger charge is 2.21. The van der Waals surface area contributed by atoms with E-state index in [1.165, 1.54) is 0 Å². The number of likely N-dealkylation sites (tertiary alicyclic amines) is 1. The number of anilines is 1. The smallest absolute Gasteiger partial charge is 0.319 e. The van der Waals surface area contributed by atoms with Gasteiger partial charge in [0.2, 0.25) is 5.91 Å². The maximum absolute atomic E-state index is 12.7. The highest BCUT2D eigenvalue weighted by atomic mass is 16.2. The van der Waals surface area contributed by atoms with Crippen molar-refractivity contribution in [1.82, 2.24) is 15.5 Å². The zero-order valence-corrected chi connectivity index (χ0v) is 17.3. The van der Waals surface area contributed by atoms with Gasteiger partial charge in [0.1, 0.15) is 0 Å². The van der Waals surface area contributed by atoms with Crippen molar-refractivity contribution in [2.45, 2.75) is 40.5 Å². The fourth-order valence-electron chi connectivity index (χ4n) is 3.04. The molecule has 1 aromatic carbocycles. The van der Waals surface area contributed by atoms with E-state index in [1.54, 1.807) is 18.2 Å². The second kappa shape index (κ2) is 10.1. The number of aryl methyl sites for hydroxylation is 1. The van der Waals surface area contributed by atoms with E-state index < -0.39 is 6.03 Å². The molecule has 0 spiro atoms. The summed E-state index contributed by atoms with van der Waals surface area (Å²) in [5.41, 5.74) is 2.05. The van der Waals surface area contributed by atoms with E-state index in [9.17, 15) is 14.4 Å². The first-order valence-electron chi connectivity index (χ1n) is 9.97. The average molecular weight is 389 g/mol. The van der Waals surface area contributed by atoms with Crippen molar-refractivity contribution in [2.24, 2.45) is 11.8 Å². The number of urea groups is 1. The molecule has 0 saturated carbocycles. The van der Waals surface area contributed by atoms with E-state index in [0.29, 0.717) is 29.6 Å². The third-order valence-corrected chi connectivity index (χ3v) is 4.91. The van der Waals surface area contributed by atoms with E-state index in [0.717, 1.165) is 31.5 Å². The van der Waals surface area contributed by atoms with Crippen molar-refractivity contribution >= 4 is 23.5 Å². The molecule has 0 atom stereocenters. The fraction of sp³-hybridized carbons (Fsp3) is 0.571. The zero-order chi connectivity index (χ0) is 20.7. The number of amides is 4. The van der Waals surface area contributed by atoms with Gasteiger partial charge in [0.05, 0.1) is 6.54 Å². The fourth-order valence-corrected chi connectivity index (χ4v) is 3.04. The first kappa shape index (κ1) is 21.7. The number of nitrogens with one attached hydrogen (secondary N) is 3. The van der Waals surface area contributed by atoms with Crippen molar-refractivity contribution in [3.05, 3.63) is 29.3 Å². The minimum absolute atomic E-state index is 0.0350. The van der Waals surface area contributed by atoms with Crippen molar-refractivity contribution < 1.29 is 14.4 Å². The molecule has 2 rings (SSSR count). The minimum atomic E-state index is -0.452. The van der Waals surface area contributed by atoms with Gasteiger partial charge in [0.25, 0.3) is 5.91 Å². The lowest BCUT2D eigenvalue weighted by Gasteiger charge is -2.30. The molecule has 3 N–H and O–H groups in total. The summed E-state index contributed by atoms with van der Waals surface area (Å²) in [5, 5.41) is 8.01. The highest BCUT2D eigenvalue weighted by molar-refractivity contribution is 5.97. The Kier molecular flexibility index (Phi) is 7.84. The van der Waals surface area contributed by atoms with Crippen LogP contribution in [0.25, 0.3) is 0 Å². The van der Waals surface area contributed by atoms with Gasteiger partial charge in [-0.2, -0.15) is 0 Å². The summed E-state index contributed by atoms with van der Waals surface area (Å²) in [5.74, 6) is 0.837. The number of hydrogen-bond donors (Lipinski definition) is 3. The molecule has 4 amide bonds. The van der Waals surface area contributed by atoms with Crippen LogP contribution in [0.2, 0.25) is 0 Å². The Balaban J connectivity index is 1.87. The van der Waals surface area contributed by atoms with Crippen molar-refractivity contribution in [1.29, 1.82) is 0 Å². The van der Waals surface area contributed by atoms with Gasteiger partial charge in [0, 0.05) is 30.9 Å². The molecule has 0 bridgehead atoms. The summed E-state index contributed by atoms with van der Waals surface area (Å²) < 4.78 is 0. The number of hydrogen-bond acceptors (Lipinski definition) is 3. The van der Waals surface area contributed by atoms with Crippen LogP contribution in [-0.4, -0.2) is 48.9 Å². The molecule has 154 valence electrons. The Labute approximate surface area is 167 Å². The molecule has 1 aromatic rings. The summed E-state index contributed by atoms with van der Waals surface area (Å²) in [6, 6.07) is 4.81. The predicted octanol–water partition coefficient (Wildman–Crippen LogP) is 2.76. The summed E-state index contributed by atoms with van der Waals surface area (Å²) in [7, 11) is 0. The Morgan fingerprint density at radius 3 is 2.43 bits per heavy atom. The van der Waals surface area contributed by atoms with E-state index in [1.807, 2.05) is 25.7 Å². The van der Waals surface area contributed by atoms with Gasteiger partial charge < -0.3 is 20.9 Å². The molecule has 28 heavy (non-hydrogen) atoms. The van der Waals surface area contributed by atoms with E-state index in [2.05, 4.69) is 22.9 Å². The first-order chi connectivity index (χ1) is 13.3. The third-order valence-electron chi connectivity index (χ3n) is 4.91. The topological polar surface area (TPSA) is 90.5 Å². The third kappa shape index (κ3) is 6.55. The maximum Gasteiger partial charge on any atom is 0.319 e. The predicted molar refractivity (Wildman–Crippen MR) is 110 cm³/mol. The van der Waals surface area contributed by atoms with Crippen LogP contribution in [0.3, 0.4) is 0 Å². The number of piperidine rings is 1. The Morgan fingerprint density at radius 1 is 1.14 bits per heavy atom. The average Bonchev–Trinajstić information content (AvgIpc) is 2.66. The van der Waals surface area contributed by atoms with E-state index in [-0.39, 0.29) is 18.4 Å². The van der Waals surface area contributed by atoms with Gasteiger partial charge in [-0.25, -0.2) is 4.79 Å². The second-order valence-corrected chi connectivity index (χ2v) is 8.01. The molecular formula is C21H32N4O3. The SMILES string of the molecule is Cc1cc(C(=O)N2CCC(C)CC2)ccc1NC(=O)NCC(=O)NCC(C)C. The first-order valence-corrected chi connectivity index (χ1v) is 9.97. The molecule has 1 aliphatic rings. The van der Waals surface area contributed by atoms with Crippen LogP contribution < -0.4 is 16.0 Å². The van der Waals surface area contributed by atoms with Crippen LogP contribution in [-0.2, 0) is 4.79 Å². The zero-order valence-electron chi connectivity index (χ0n) is 17.3. The van der Waals surface area contributed by atoms with Crippen molar-refractivity contribution in [3.63, 3.8) is 0 Å². The number of benzene rings is 1. The number of nitrogens with zero attached hydrogens (tertiary/aromatic N) is 1. The minimum Gasteiger partial charge on any atom is -0.354 e.